The predicted molar refractivity (Wildman–Crippen MR) is 240 cm³/mol. The summed E-state index contributed by atoms with van der Waals surface area (Å²) in [6.45, 7) is 0. The monoisotopic (exact) mass is 744 g/mol. The van der Waals surface area contributed by atoms with Crippen LogP contribution in [0.1, 0.15) is 0 Å². The fraction of sp³-hybridized carbons (Fsp3) is 0. The third kappa shape index (κ3) is 4.99. The average molecular weight is 745 g/mol. The van der Waals surface area contributed by atoms with E-state index in [0.717, 1.165) is 44.9 Å². The van der Waals surface area contributed by atoms with E-state index >= 15 is 0 Å². The standard InChI is InChI=1S/C52H32N4S/c1-3-14-33(15-4-1)43-32-49(54-52(53-43)34-16-5-2-6-17-34)56-44-23-10-7-20-38(44)42-31-36(26-28-46(42)56)35-18-13-19-37(30-35)55-45-24-11-8-22-41(45)50-47(55)29-27-40-39-21-9-12-25-48(39)57-51(40)50/h1-32H. The molecule has 0 fully saturated rings. The highest BCUT2D eigenvalue weighted by molar-refractivity contribution is 7.26. The first-order chi connectivity index (χ1) is 28.3. The summed E-state index contributed by atoms with van der Waals surface area (Å²) in [6, 6.07) is 69.4. The highest BCUT2D eigenvalue weighted by Crippen LogP contribution is 2.44. The van der Waals surface area contributed by atoms with Crippen molar-refractivity contribution in [1.29, 1.82) is 0 Å². The van der Waals surface area contributed by atoms with Gasteiger partial charge in [0.1, 0.15) is 5.82 Å². The molecule has 0 amide bonds. The molecule has 0 aliphatic rings. The Hall–Kier alpha value is -7.34. The topological polar surface area (TPSA) is 35.6 Å². The maximum absolute atomic E-state index is 5.22. The molecule has 0 N–H and O–H groups in total. The highest BCUT2D eigenvalue weighted by Gasteiger charge is 2.20. The molecule has 12 rings (SSSR count). The molecule has 0 saturated heterocycles. The molecular formula is C52H32N4S. The van der Waals surface area contributed by atoms with Gasteiger partial charge in [0.15, 0.2) is 5.82 Å². The summed E-state index contributed by atoms with van der Waals surface area (Å²) >= 11 is 1.89. The molecule has 266 valence electrons. The summed E-state index contributed by atoms with van der Waals surface area (Å²) in [4.78, 5) is 10.3. The SMILES string of the molecule is c1ccc(-c2cc(-n3c4ccccc4c4cc(-c5cccc(-n6c7ccccc7c7c8sc9ccccc9c8ccc76)c5)ccc43)nc(-c3ccccc3)n2)cc1. The molecule has 4 aromatic heterocycles. The number of para-hydroxylation sites is 2. The van der Waals surface area contributed by atoms with Crippen molar-refractivity contribution in [2.75, 3.05) is 0 Å². The van der Waals surface area contributed by atoms with E-state index in [9.17, 15) is 0 Å². The van der Waals surface area contributed by atoms with Gasteiger partial charge in [-0.15, -0.1) is 11.3 Å². The van der Waals surface area contributed by atoms with Crippen LogP contribution in [-0.2, 0) is 0 Å². The van der Waals surface area contributed by atoms with E-state index in [0.29, 0.717) is 5.82 Å². The van der Waals surface area contributed by atoms with Gasteiger partial charge in [0.25, 0.3) is 0 Å². The van der Waals surface area contributed by atoms with Crippen LogP contribution in [0, 0.1) is 0 Å². The van der Waals surface area contributed by atoms with E-state index in [1.807, 2.05) is 35.6 Å². The Morgan fingerprint density at radius 2 is 1.00 bits per heavy atom. The molecule has 12 aromatic rings. The van der Waals surface area contributed by atoms with Crippen LogP contribution in [0.2, 0.25) is 0 Å². The lowest BCUT2D eigenvalue weighted by Crippen LogP contribution is -2.02. The van der Waals surface area contributed by atoms with E-state index in [4.69, 9.17) is 9.97 Å². The van der Waals surface area contributed by atoms with E-state index in [-0.39, 0.29) is 0 Å². The van der Waals surface area contributed by atoms with E-state index in [1.54, 1.807) is 0 Å². The molecule has 57 heavy (non-hydrogen) atoms. The van der Waals surface area contributed by atoms with Gasteiger partial charge in [-0.1, -0.05) is 140 Å². The molecule has 0 spiro atoms. The van der Waals surface area contributed by atoms with Crippen LogP contribution >= 0.6 is 11.3 Å². The van der Waals surface area contributed by atoms with Crippen molar-refractivity contribution in [3.8, 4) is 45.3 Å². The molecule has 4 heterocycles. The second-order valence-corrected chi connectivity index (χ2v) is 15.6. The van der Waals surface area contributed by atoms with Crippen molar-refractivity contribution in [2.24, 2.45) is 0 Å². The second kappa shape index (κ2) is 12.6. The largest absolute Gasteiger partial charge is 0.309 e. The lowest BCUT2D eigenvalue weighted by molar-refractivity contribution is 1.05. The minimum absolute atomic E-state index is 0.699. The minimum Gasteiger partial charge on any atom is -0.309 e. The average Bonchev–Trinajstić information content (AvgIpc) is 3.94. The first kappa shape index (κ1) is 32.0. The predicted octanol–water partition coefficient (Wildman–Crippen LogP) is 14.0. The molecule has 0 atom stereocenters. The number of aromatic nitrogens is 4. The van der Waals surface area contributed by atoms with Crippen LogP contribution in [0.3, 0.4) is 0 Å². The Morgan fingerprint density at radius 1 is 0.368 bits per heavy atom. The van der Waals surface area contributed by atoms with Crippen LogP contribution in [0.25, 0.3) is 109 Å². The molecule has 0 radical (unpaired) electrons. The Morgan fingerprint density at radius 3 is 1.82 bits per heavy atom. The number of benzene rings is 8. The van der Waals surface area contributed by atoms with Gasteiger partial charge in [-0.05, 0) is 59.7 Å². The van der Waals surface area contributed by atoms with E-state index < -0.39 is 0 Å². The van der Waals surface area contributed by atoms with E-state index in [1.165, 1.54) is 58.3 Å². The van der Waals surface area contributed by atoms with Crippen LogP contribution in [0.15, 0.2) is 194 Å². The van der Waals surface area contributed by atoms with Crippen molar-refractivity contribution in [3.05, 3.63) is 194 Å². The van der Waals surface area contributed by atoms with Crippen molar-refractivity contribution < 1.29 is 0 Å². The Kier molecular flexibility index (Phi) is 7.06. The number of thiophene rings is 1. The molecular weight excluding hydrogens is 713 g/mol. The van der Waals surface area contributed by atoms with Crippen molar-refractivity contribution in [1.82, 2.24) is 19.1 Å². The molecule has 0 aliphatic carbocycles. The molecule has 0 aliphatic heterocycles. The summed E-state index contributed by atoms with van der Waals surface area (Å²) < 4.78 is 7.39. The van der Waals surface area contributed by atoms with Crippen LogP contribution in [-0.4, -0.2) is 19.1 Å². The van der Waals surface area contributed by atoms with Gasteiger partial charge >= 0.3 is 0 Å². The van der Waals surface area contributed by atoms with Gasteiger partial charge in [0.05, 0.1) is 27.8 Å². The second-order valence-electron chi connectivity index (χ2n) is 14.6. The first-order valence-corrected chi connectivity index (χ1v) is 20.1. The number of rotatable bonds is 5. The fourth-order valence-electron chi connectivity index (χ4n) is 8.76. The van der Waals surface area contributed by atoms with Gasteiger partial charge in [0, 0.05) is 64.6 Å². The molecule has 0 bridgehead atoms. The van der Waals surface area contributed by atoms with Gasteiger partial charge in [-0.3, -0.25) is 4.57 Å². The minimum atomic E-state index is 0.699. The Bertz CT molecular complexity index is 3460. The van der Waals surface area contributed by atoms with Gasteiger partial charge < -0.3 is 4.57 Å². The Balaban J connectivity index is 1.03. The number of nitrogens with zero attached hydrogens (tertiary/aromatic N) is 4. The molecule has 0 saturated carbocycles. The van der Waals surface area contributed by atoms with Crippen LogP contribution < -0.4 is 0 Å². The van der Waals surface area contributed by atoms with Gasteiger partial charge in [-0.2, -0.15) is 0 Å². The normalized spacial score (nSPS) is 11.9. The van der Waals surface area contributed by atoms with Crippen LogP contribution in [0.4, 0.5) is 0 Å². The summed E-state index contributed by atoms with van der Waals surface area (Å²) in [6.07, 6.45) is 0. The molecule has 5 heteroatoms. The third-order valence-corrected chi connectivity index (χ3v) is 12.5. The lowest BCUT2D eigenvalue weighted by atomic mass is 10.0. The summed E-state index contributed by atoms with van der Waals surface area (Å²) in [5, 5.41) is 7.60. The fourth-order valence-corrected chi connectivity index (χ4v) is 10.0. The number of hydrogen-bond acceptors (Lipinski definition) is 3. The zero-order valence-electron chi connectivity index (χ0n) is 30.7. The zero-order chi connectivity index (χ0) is 37.5. The summed E-state index contributed by atoms with van der Waals surface area (Å²) in [7, 11) is 0. The van der Waals surface area contributed by atoms with Crippen LogP contribution in [0.5, 0.6) is 0 Å². The smallest absolute Gasteiger partial charge is 0.162 e. The third-order valence-electron chi connectivity index (χ3n) is 11.3. The summed E-state index contributed by atoms with van der Waals surface area (Å²) in [5.74, 6) is 1.53. The molecule has 4 nitrogen and oxygen atoms in total. The first-order valence-electron chi connectivity index (χ1n) is 19.2. The molecule has 8 aromatic carbocycles. The maximum Gasteiger partial charge on any atom is 0.162 e. The van der Waals surface area contributed by atoms with E-state index in [2.05, 4.69) is 179 Å². The van der Waals surface area contributed by atoms with Gasteiger partial charge in [-0.25, -0.2) is 9.97 Å². The van der Waals surface area contributed by atoms with Crippen molar-refractivity contribution in [3.63, 3.8) is 0 Å². The van der Waals surface area contributed by atoms with Gasteiger partial charge in [0.2, 0.25) is 0 Å². The number of fused-ring (bicyclic) bond motifs is 10. The Labute approximate surface area is 332 Å². The number of hydrogen-bond donors (Lipinski definition) is 0. The lowest BCUT2D eigenvalue weighted by Gasteiger charge is -2.12. The molecule has 0 unspecified atom stereocenters. The quantitative estimate of drug-likeness (QED) is 0.176. The highest BCUT2D eigenvalue weighted by atomic mass is 32.1. The maximum atomic E-state index is 5.22. The van der Waals surface area contributed by atoms with Crippen molar-refractivity contribution in [2.45, 2.75) is 0 Å². The van der Waals surface area contributed by atoms with Crippen molar-refractivity contribution >= 4 is 75.1 Å². The summed E-state index contributed by atoms with van der Waals surface area (Å²) in [5.41, 5.74) is 11.0. The zero-order valence-corrected chi connectivity index (χ0v) is 31.5.